The van der Waals surface area contributed by atoms with Gasteiger partial charge in [-0.1, -0.05) is 42.9 Å². The van der Waals surface area contributed by atoms with Crippen molar-refractivity contribution in [2.75, 3.05) is 0 Å². The molecule has 1 aliphatic carbocycles. The molecule has 1 unspecified atom stereocenters. The smallest absolute Gasteiger partial charge is 0.262 e. The van der Waals surface area contributed by atoms with Crippen LogP contribution in [0.15, 0.2) is 38.7 Å². The molecule has 0 N–H and O–H groups in total. The average Bonchev–Trinajstić information content (AvgIpc) is 3.38. The van der Waals surface area contributed by atoms with Crippen molar-refractivity contribution in [3.63, 3.8) is 0 Å². The zero-order valence-corrected chi connectivity index (χ0v) is 16.7. The van der Waals surface area contributed by atoms with E-state index in [-0.39, 0.29) is 10.8 Å². The molecular formula is C20H24N4O2S. The minimum absolute atomic E-state index is 0.0140. The quantitative estimate of drug-likeness (QED) is 0.439. The molecule has 2 heterocycles. The van der Waals surface area contributed by atoms with Gasteiger partial charge in [0.2, 0.25) is 5.89 Å². The summed E-state index contributed by atoms with van der Waals surface area (Å²) in [5.41, 5.74) is 0.738. The molecule has 6 nitrogen and oxygen atoms in total. The van der Waals surface area contributed by atoms with Crippen LogP contribution in [0.5, 0.6) is 0 Å². The standard InChI is InChI=1S/C20H24N4O2S/c1-12(2)10-11-24-19(25)15-6-4-5-7-16(15)21-20(24)27-13(3)18-22-17(23-26-18)14-8-9-14/h4-7,12-14H,8-11H2,1-3H3. The van der Waals surface area contributed by atoms with Gasteiger partial charge in [-0.2, -0.15) is 4.98 Å². The normalized spacial score (nSPS) is 15.6. The fraction of sp³-hybridized carbons (Fsp3) is 0.500. The Labute approximate surface area is 162 Å². The Balaban J connectivity index is 1.67. The third-order valence-corrected chi connectivity index (χ3v) is 5.86. The molecule has 1 atom stereocenters. The summed E-state index contributed by atoms with van der Waals surface area (Å²) in [6.45, 7) is 6.99. The summed E-state index contributed by atoms with van der Waals surface area (Å²) in [4.78, 5) is 22.4. The Morgan fingerprint density at radius 2 is 2.00 bits per heavy atom. The van der Waals surface area contributed by atoms with E-state index in [2.05, 4.69) is 24.0 Å². The van der Waals surface area contributed by atoms with E-state index in [4.69, 9.17) is 9.51 Å². The van der Waals surface area contributed by atoms with E-state index >= 15 is 0 Å². The molecule has 4 rings (SSSR count). The third-order valence-electron chi connectivity index (χ3n) is 4.79. The fourth-order valence-corrected chi connectivity index (χ4v) is 3.92. The lowest BCUT2D eigenvalue weighted by Gasteiger charge is -2.15. The number of nitrogens with zero attached hydrogens (tertiary/aromatic N) is 4. The highest BCUT2D eigenvalue weighted by Gasteiger charge is 2.30. The second-order valence-corrected chi connectivity index (χ2v) is 8.88. The predicted octanol–water partition coefficient (Wildman–Crippen LogP) is 4.56. The van der Waals surface area contributed by atoms with Crippen LogP contribution in [0.1, 0.15) is 62.9 Å². The van der Waals surface area contributed by atoms with Crippen LogP contribution < -0.4 is 5.56 Å². The van der Waals surface area contributed by atoms with Crippen molar-refractivity contribution in [2.45, 2.75) is 62.9 Å². The molecule has 1 saturated carbocycles. The largest absolute Gasteiger partial charge is 0.338 e. The lowest BCUT2D eigenvalue weighted by Crippen LogP contribution is -2.24. The van der Waals surface area contributed by atoms with Crippen LogP contribution in [0.25, 0.3) is 10.9 Å². The summed E-state index contributed by atoms with van der Waals surface area (Å²) in [5.74, 6) is 2.37. The maximum absolute atomic E-state index is 13.0. The zero-order chi connectivity index (χ0) is 19.0. The van der Waals surface area contributed by atoms with Gasteiger partial charge in [-0.25, -0.2) is 4.98 Å². The molecule has 7 heteroatoms. The van der Waals surface area contributed by atoms with Gasteiger partial charge in [0.1, 0.15) is 0 Å². The second-order valence-electron chi connectivity index (χ2n) is 7.58. The highest BCUT2D eigenvalue weighted by atomic mass is 32.2. The van der Waals surface area contributed by atoms with Gasteiger partial charge in [-0.15, -0.1) is 0 Å². The first-order valence-electron chi connectivity index (χ1n) is 9.52. The molecule has 2 aromatic heterocycles. The first-order valence-corrected chi connectivity index (χ1v) is 10.4. The van der Waals surface area contributed by atoms with Crippen molar-refractivity contribution in [1.29, 1.82) is 0 Å². The van der Waals surface area contributed by atoms with E-state index in [1.165, 1.54) is 11.8 Å². The lowest BCUT2D eigenvalue weighted by molar-refractivity contribution is 0.374. The number of fused-ring (bicyclic) bond motifs is 1. The number of benzene rings is 1. The van der Waals surface area contributed by atoms with Gasteiger partial charge in [-0.05, 0) is 44.2 Å². The fourth-order valence-electron chi connectivity index (χ4n) is 2.95. The molecule has 0 amide bonds. The molecule has 0 saturated heterocycles. The monoisotopic (exact) mass is 384 g/mol. The van der Waals surface area contributed by atoms with Crippen molar-refractivity contribution >= 4 is 22.7 Å². The van der Waals surface area contributed by atoms with E-state index in [0.717, 1.165) is 30.6 Å². The van der Waals surface area contributed by atoms with E-state index in [0.29, 0.717) is 34.8 Å². The molecular weight excluding hydrogens is 360 g/mol. The van der Waals surface area contributed by atoms with Crippen LogP contribution >= 0.6 is 11.8 Å². The third kappa shape index (κ3) is 3.93. The Morgan fingerprint density at radius 3 is 2.74 bits per heavy atom. The summed E-state index contributed by atoms with van der Waals surface area (Å²) >= 11 is 1.51. The number of hydrogen-bond donors (Lipinski definition) is 0. The van der Waals surface area contributed by atoms with Crippen molar-refractivity contribution in [2.24, 2.45) is 5.92 Å². The summed E-state index contributed by atoms with van der Waals surface area (Å²) in [6.07, 6.45) is 3.21. The van der Waals surface area contributed by atoms with Crippen LogP contribution in [0.3, 0.4) is 0 Å². The van der Waals surface area contributed by atoms with Crippen molar-refractivity contribution in [3.05, 3.63) is 46.3 Å². The Bertz CT molecular complexity index is 1010. The van der Waals surface area contributed by atoms with Gasteiger partial charge in [0.15, 0.2) is 11.0 Å². The van der Waals surface area contributed by atoms with Crippen LogP contribution in [0.4, 0.5) is 0 Å². The van der Waals surface area contributed by atoms with Gasteiger partial charge in [0, 0.05) is 12.5 Å². The van der Waals surface area contributed by atoms with E-state index in [9.17, 15) is 4.79 Å². The number of para-hydroxylation sites is 1. The van der Waals surface area contributed by atoms with Gasteiger partial charge < -0.3 is 4.52 Å². The summed E-state index contributed by atoms with van der Waals surface area (Å²) in [5, 5.41) is 5.40. The Hall–Kier alpha value is -2.15. The van der Waals surface area contributed by atoms with Gasteiger partial charge in [0.25, 0.3) is 5.56 Å². The van der Waals surface area contributed by atoms with Gasteiger partial charge >= 0.3 is 0 Å². The maximum Gasteiger partial charge on any atom is 0.262 e. The minimum Gasteiger partial charge on any atom is -0.338 e. The molecule has 3 aromatic rings. The summed E-state index contributed by atoms with van der Waals surface area (Å²) < 4.78 is 7.25. The average molecular weight is 385 g/mol. The number of hydrogen-bond acceptors (Lipinski definition) is 6. The topological polar surface area (TPSA) is 73.8 Å². The van der Waals surface area contributed by atoms with Crippen LogP contribution in [0, 0.1) is 5.92 Å². The molecule has 27 heavy (non-hydrogen) atoms. The van der Waals surface area contributed by atoms with Gasteiger partial charge in [0.05, 0.1) is 16.2 Å². The molecule has 1 aromatic carbocycles. The number of thioether (sulfide) groups is 1. The first kappa shape index (κ1) is 18.2. The maximum atomic E-state index is 13.0. The zero-order valence-electron chi connectivity index (χ0n) is 15.9. The van der Waals surface area contributed by atoms with E-state index < -0.39 is 0 Å². The first-order chi connectivity index (χ1) is 13.0. The molecule has 0 bridgehead atoms. The Morgan fingerprint density at radius 1 is 1.22 bits per heavy atom. The predicted molar refractivity (Wildman–Crippen MR) is 106 cm³/mol. The van der Waals surface area contributed by atoms with Crippen LogP contribution in [-0.2, 0) is 6.54 Å². The molecule has 1 fully saturated rings. The SMILES string of the molecule is CC(C)CCn1c(SC(C)c2nc(C3CC3)no2)nc2ccccc2c1=O. The molecule has 1 aliphatic rings. The molecule has 0 spiro atoms. The Kier molecular flexibility index (Phi) is 5.04. The second kappa shape index (κ2) is 7.46. The number of rotatable bonds is 7. The van der Waals surface area contributed by atoms with Crippen molar-refractivity contribution in [1.82, 2.24) is 19.7 Å². The van der Waals surface area contributed by atoms with Crippen molar-refractivity contribution in [3.8, 4) is 0 Å². The lowest BCUT2D eigenvalue weighted by atomic mass is 10.1. The summed E-state index contributed by atoms with van der Waals surface area (Å²) in [7, 11) is 0. The number of aromatic nitrogens is 4. The highest BCUT2D eigenvalue weighted by Crippen LogP contribution is 2.40. The van der Waals surface area contributed by atoms with Gasteiger partial charge in [-0.3, -0.25) is 9.36 Å². The van der Waals surface area contributed by atoms with Crippen LogP contribution in [-0.4, -0.2) is 19.7 Å². The molecule has 0 aliphatic heterocycles. The highest BCUT2D eigenvalue weighted by molar-refractivity contribution is 7.99. The molecule has 0 radical (unpaired) electrons. The minimum atomic E-state index is -0.0663. The van der Waals surface area contributed by atoms with E-state index in [1.807, 2.05) is 31.2 Å². The van der Waals surface area contributed by atoms with E-state index in [1.54, 1.807) is 4.57 Å². The van der Waals surface area contributed by atoms with Crippen molar-refractivity contribution < 1.29 is 4.52 Å². The van der Waals surface area contributed by atoms with Crippen LogP contribution in [0.2, 0.25) is 0 Å². The molecule has 142 valence electrons. The summed E-state index contributed by atoms with van der Waals surface area (Å²) in [6, 6.07) is 7.51.